The van der Waals surface area contributed by atoms with Crippen LogP contribution in [0, 0.1) is 5.41 Å². The number of halogens is 1. The molecule has 0 spiro atoms. The lowest BCUT2D eigenvalue weighted by Crippen LogP contribution is -2.37. The lowest BCUT2D eigenvalue weighted by atomic mass is 9.81. The monoisotopic (exact) mass is 317 g/mol. The topological polar surface area (TPSA) is 70.8 Å². The van der Waals surface area contributed by atoms with Gasteiger partial charge in [-0.15, -0.1) is 12.4 Å². The molecule has 0 bridgehead atoms. The Hall–Kier alpha value is -1.46. The molecule has 0 heterocycles. The molecule has 6 heteroatoms. The van der Waals surface area contributed by atoms with Crippen LogP contribution in [0.25, 0.3) is 0 Å². The average Bonchev–Trinajstić information content (AvgIpc) is 2.45. The number of hydrogen-bond acceptors (Lipinski definition) is 5. The van der Waals surface area contributed by atoms with E-state index >= 15 is 0 Å². The van der Waals surface area contributed by atoms with E-state index in [1.807, 2.05) is 13.0 Å². The van der Waals surface area contributed by atoms with Gasteiger partial charge in [-0.25, -0.2) is 0 Å². The summed E-state index contributed by atoms with van der Waals surface area (Å²) in [6.07, 6.45) is 0. The number of nitrogens with two attached hydrogens (primary N) is 1. The van der Waals surface area contributed by atoms with Crippen LogP contribution in [0.4, 0.5) is 0 Å². The van der Waals surface area contributed by atoms with Gasteiger partial charge in [0.15, 0.2) is 11.5 Å². The van der Waals surface area contributed by atoms with Crippen molar-refractivity contribution in [3.05, 3.63) is 23.8 Å². The fraction of sp³-hybridized carbons (Fsp3) is 0.533. The molecule has 0 radical (unpaired) electrons. The Morgan fingerprint density at radius 1 is 1.29 bits per heavy atom. The third kappa shape index (κ3) is 4.25. The first-order valence-corrected chi connectivity index (χ1v) is 6.53. The average molecular weight is 318 g/mol. The highest BCUT2D eigenvalue weighted by Gasteiger charge is 2.36. The Kier molecular flexibility index (Phi) is 7.53. The molecule has 2 N–H and O–H groups in total. The second-order valence-electron chi connectivity index (χ2n) is 5.03. The van der Waals surface area contributed by atoms with Crippen LogP contribution in [0.3, 0.4) is 0 Å². The summed E-state index contributed by atoms with van der Waals surface area (Å²) in [4.78, 5) is 11.8. The molecule has 1 aromatic rings. The first-order chi connectivity index (χ1) is 9.38. The van der Waals surface area contributed by atoms with E-state index in [9.17, 15) is 4.79 Å². The number of rotatable bonds is 6. The lowest BCUT2D eigenvalue weighted by molar-refractivity contribution is -0.152. The summed E-state index contributed by atoms with van der Waals surface area (Å²) in [5, 5.41) is 0. The molecule has 0 fully saturated rings. The van der Waals surface area contributed by atoms with Gasteiger partial charge in [0.05, 0.1) is 26.2 Å². The highest BCUT2D eigenvalue weighted by molar-refractivity contribution is 5.85. The minimum Gasteiger partial charge on any atom is -0.493 e. The molecule has 0 amide bonds. The third-order valence-electron chi connectivity index (χ3n) is 3.34. The Morgan fingerprint density at radius 2 is 1.90 bits per heavy atom. The molecule has 1 rings (SSSR count). The van der Waals surface area contributed by atoms with Crippen molar-refractivity contribution >= 4 is 18.4 Å². The van der Waals surface area contributed by atoms with Gasteiger partial charge in [0.25, 0.3) is 0 Å². The van der Waals surface area contributed by atoms with Gasteiger partial charge in [-0.3, -0.25) is 4.79 Å². The molecule has 0 aliphatic rings. The van der Waals surface area contributed by atoms with Crippen LogP contribution in [0.1, 0.15) is 32.4 Å². The van der Waals surface area contributed by atoms with E-state index in [1.54, 1.807) is 33.1 Å². The number of methoxy groups -OCH3 is 2. The molecule has 0 aliphatic carbocycles. The molecule has 21 heavy (non-hydrogen) atoms. The first-order valence-electron chi connectivity index (χ1n) is 6.53. The predicted molar refractivity (Wildman–Crippen MR) is 84.1 cm³/mol. The Labute approximate surface area is 132 Å². The highest BCUT2D eigenvalue weighted by atomic mass is 35.5. The van der Waals surface area contributed by atoms with Gasteiger partial charge >= 0.3 is 5.97 Å². The largest absolute Gasteiger partial charge is 0.493 e. The van der Waals surface area contributed by atoms with Crippen molar-refractivity contribution in [3.63, 3.8) is 0 Å². The van der Waals surface area contributed by atoms with Crippen LogP contribution >= 0.6 is 12.4 Å². The summed E-state index contributed by atoms with van der Waals surface area (Å²) in [6.45, 7) is 5.93. The highest BCUT2D eigenvalue weighted by Crippen LogP contribution is 2.36. The lowest BCUT2D eigenvalue weighted by Gasteiger charge is -2.29. The second-order valence-corrected chi connectivity index (χ2v) is 5.03. The van der Waals surface area contributed by atoms with Gasteiger partial charge in [0.2, 0.25) is 0 Å². The van der Waals surface area contributed by atoms with Crippen LogP contribution < -0.4 is 15.2 Å². The van der Waals surface area contributed by atoms with E-state index in [2.05, 4.69) is 0 Å². The summed E-state index contributed by atoms with van der Waals surface area (Å²) < 4.78 is 15.6. The molecule has 5 nitrogen and oxygen atoms in total. The molecule has 0 unspecified atom stereocenters. The Morgan fingerprint density at radius 3 is 2.38 bits per heavy atom. The molecule has 1 aromatic carbocycles. The fourth-order valence-corrected chi connectivity index (χ4v) is 1.96. The summed E-state index contributed by atoms with van der Waals surface area (Å²) in [7, 11) is 2.94. The number of esters is 1. The summed E-state index contributed by atoms with van der Waals surface area (Å²) in [5.74, 6) is 0.904. The standard InChI is InChI=1S/C15H23NO4.ClH/c1-6-20-12-9-10(7-8-11(12)18-4)13(16)15(2,3)14(17)19-5;/h7-9,13H,6,16H2,1-5H3;1H/t13-;/m0./s1. The molecule has 0 aliphatic heterocycles. The minimum absolute atomic E-state index is 0. The van der Waals surface area contributed by atoms with Gasteiger partial charge in [-0.2, -0.15) is 0 Å². The van der Waals surface area contributed by atoms with Crippen LogP contribution in [0.5, 0.6) is 11.5 Å². The first kappa shape index (κ1) is 19.5. The van der Waals surface area contributed by atoms with Crippen molar-refractivity contribution < 1.29 is 19.0 Å². The number of hydrogen-bond donors (Lipinski definition) is 1. The summed E-state index contributed by atoms with van der Waals surface area (Å²) in [6, 6.07) is 4.92. The number of benzene rings is 1. The van der Waals surface area contributed by atoms with Crippen LogP contribution in [0.15, 0.2) is 18.2 Å². The van der Waals surface area contributed by atoms with E-state index in [0.29, 0.717) is 18.1 Å². The van der Waals surface area contributed by atoms with E-state index in [1.165, 1.54) is 7.11 Å². The van der Waals surface area contributed by atoms with Gasteiger partial charge in [-0.1, -0.05) is 6.07 Å². The fourth-order valence-electron chi connectivity index (χ4n) is 1.96. The number of carbonyl (C=O) groups excluding carboxylic acids is 1. The van der Waals surface area contributed by atoms with Crippen LogP contribution in [-0.4, -0.2) is 26.8 Å². The quantitative estimate of drug-likeness (QED) is 0.817. The van der Waals surface area contributed by atoms with Gasteiger partial charge < -0.3 is 19.9 Å². The van der Waals surface area contributed by atoms with E-state index < -0.39 is 11.5 Å². The van der Waals surface area contributed by atoms with Gasteiger partial charge in [-0.05, 0) is 38.5 Å². The second kappa shape index (κ2) is 8.10. The zero-order valence-electron chi connectivity index (χ0n) is 13.1. The van der Waals surface area contributed by atoms with Crippen molar-refractivity contribution in [2.75, 3.05) is 20.8 Å². The van der Waals surface area contributed by atoms with Crippen LogP contribution in [-0.2, 0) is 9.53 Å². The molecule has 0 aromatic heterocycles. The molecular weight excluding hydrogens is 294 g/mol. The number of ether oxygens (including phenoxy) is 3. The van der Waals surface area contributed by atoms with E-state index in [4.69, 9.17) is 19.9 Å². The number of carbonyl (C=O) groups is 1. The smallest absolute Gasteiger partial charge is 0.313 e. The van der Waals surface area contributed by atoms with E-state index in [-0.39, 0.29) is 18.4 Å². The minimum atomic E-state index is -0.827. The SMILES string of the molecule is CCOc1cc([C@H](N)C(C)(C)C(=O)OC)ccc1OC.Cl. The zero-order valence-corrected chi connectivity index (χ0v) is 14.0. The van der Waals surface area contributed by atoms with Gasteiger partial charge in [0, 0.05) is 6.04 Å². The summed E-state index contributed by atoms with van der Waals surface area (Å²) in [5.41, 5.74) is 6.18. The van der Waals surface area contributed by atoms with Crippen LogP contribution in [0.2, 0.25) is 0 Å². The Balaban J connectivity index is 0.00000400. The predicted octanol–water partition coefficient (Wildman–Crippen LogP) is 2.71. The van der Waals surface area contributed by atoms with Crippen molar-refractivity contribution in [1.82, 2.24) is 0 Å². The van der Waals surface area contributed by atoms with Crippen molar-refractivity contribution in [2.45, 2.75) is 26.8 Å². The molecular formula is C15H24ClNO4. The van der Waals surface area contributed by atoms with Crippen molar-refractivity contribution in [2.24, 2.45) is 11.1 Å². The normalized spacial score (nSPS) is 12.1. The summed E-state index contributed by atoms with van der Waals surface area (Å²) >= 11 is 0. The zero-order chi connectivity index (χ0) is 15.3. The molecule has 0 saturated carbocycles. The maximum absolute atomic E-state index is 11.8. The van der Waals surface area contributed by atoms with Gasteiger partial charge in [0.1, 0.15) is 0 Å². The third-order valence-corrected chi connectivity index (χ3v) is 3.34. The molecule has 0 saturated heterocycles. The maximum atomic E-state index is 11.8. The van der Waals surface area contributed by atoms with Crippen molar-refractivity contribution in [3.8, 4) is 11.5 Å². The van der Waals surface area contributed by atoms with Crippen molar-refractivity contribution in [1.29, 1.82) is 0 Å². The van der Waals surface area contributed by atoms with E-state index in [0.717, 1.165) is 5.56 Å². The maximum Gasteiger partial charge on any atom is 0.313 e. The Bertz CT molecular complexity index is 477. The molecule has 1 atom stereocenters. The molecule has 120 valence electrons.